The molecule has 3 rings (SSSR count). The molecule has 5 nitrogen and oxygen atoms in total. The molecule has 23 heavy (non-hydrogen) atoms. The smallest absolute Gasteiger partial charge is 0.255 e. The molecule has 0 radical (unpaired) electrons. The summed E-state index contributed by atoms with van der Waals surface area (Å²) in [7, 11) is 0. The summed E-state index contributed by atoms with van der Waals surface area (Å²) in [6, 6.07) is 15.7. The minimum Gasteiger partial charge on any atom is -0.322 e. The Morgan fingerprint density at radius 1 is 1.17 bits per heavy atom. The van der Waals surface area contributed by atoms with Gasteiger partial charge in [0.2, 0.25) is 5.91 Å². The van der Waals surface area contributed by atoms with Gasteiger partial charge in [-0.1, -0.05) is 6.07 Å². The fourth-order valence-electron chi connectivity index (χ4n) is 2.57. The molecule has 1 aliphatic rings. The van der Waals surface area contributed by atoms with Crippen LogP contribution in [0.3, 0.4) is 0 Å². The maximum Gasteiger partial charge on any atom is 0.255 e. The number of hydrogen-bond acceptors (Lipinski definition) is 3. The molecule has 0 saturated carbocycles. The fourth-order valence-corrected chi connectivity index (χ4v) is 2.57. The van der Waals surface area contributed by atoms with Crippen molar-refractivity contribution in [3.05, 3.63) is 59.7 Å². The van der Waals surface area contributed by atoms with Gasteiger partial charge in [0, 0.05) is 29.9 Å². The van der Waals surface area contributed by atoms with Gasteiger partial charge >= 0.3 is 0 Å². The number of nitrogens with one attached hydrogen (secondary N) is 1. The van der Waals surface area contributed by atoms with Crippen LogP contribution in [0.15, 0.2) is 48.5 Å². The summed E-state index contributed by atoms with van der Waals surface area (Å²) in [5, 5.41) is 11.6. The third kappa shape index (κ3) is 3.22. The predicted octanol–water partition coefficient (Wildman–Crippen LogP) is 2.94. The van der Waals surface area contributed by atoms with E-state index in [1.807, 2.05) is 18.2 Å². The zero-order valence-corrected chi connectivity index (χ0v) is 12.5. The standard InChI is InChI=1S/C18H15N3O2/c19-12-13-6-8-14(9-7-13)18(23)20-15-3-1-4-16(11-15)21-10-2-5-17(21)22/h1,3-4,6-9,11H,2,5,10H2,(H,20,23). The second-order valence-corrected chi connectivity index (χ2v) is 5.34. The normalized spacial score (nSPS) is 13.7. The Bertz CT molecular complexity index is 791. The Morgan fingerprint density at radius 3 is 2.61 bits per heavy atom. The van der Waals surface area contributed by atoms with Crippen LogP contribution in [0.2, 0.25) is 0 Å². The van der Waals surface area contributed by atoms with E-state index in [1.165, 1.54) is 0 Å². The van der Waals surface area contributed by atoms with E-state index in [0.717, 1.165) is 12.1 Å². The first kappa shape index (κ1) is 14.8. The third-order valence-corrected chi connectivity index (χ3v) is 3.77. The minimum atomic E-state index is -0.251. The largest absolute Gasteiger partial charge is 0.322 e. The maximum absolute atomic E-state index is 12.2. The fraction of sp³-hybridized carbons (Fsp3) is 0.167. The van der Waals surface area contributed by atoms with Crippen LogP contribution in [-0.2, 0) is 4.79 Å². The minimum absolute atomic E-state index is 0.112. The molecule has 1 aliphatic heterocycles. The van der Waals surface area contributed by atoms with Crippen molar-refractivity contribution in [1.82, 2.24) is 0 Å². The van der Waals surface area contributed by atoms with Gasteiger partial charge in [0.15, 0.2) is 0 Å². The van der Waals surface area contributed by atoms with Crippen molar-refractivity contribution >= 4 is 23.2 Å². The van der Waals surface area contributed by atoms with Crippen molar-refractivity contribution in [2.24, 2.45) is 0 Å². The van der Waals surface area contributed by atoms with Crippen LogP contribution in [0.1, 0.15) is 28.8 Å². The van der Waals surface area contributed by atoms with Gasteiger partial charge in [0.1, 0.15) is 0 Å². The molecular formula is C18H15N3O2. The number of carbonyl (C=O) groups excluding carboxylic acids is 2. The van der Waals surface area contributed by atoms with E-state index in [1.54, 1.807) is 41.3 Å². The molecule has 2 amide bonds. The van der Waals surface area contributed by atoms with Crippen LogP contribution >= 0.6 is 0 Å². The van der Waals surface area contributed by atoms with Gasteiger partial charge < -0.3 is 10.2 Å². The first-order valence-electron chi connectivity index (χ1n) is 7.39. The molecule has 0 aromatic heterocycles. The van der Waals surface area contributed by atoms with E-state index in [4.69, 9.17) is 5.26 Å². The Labute approximate surface area is 134 Å². The number of nitriles is 1. The van der Waals surface area contributed by atoms with Crippen LogP contribution in [0, 0.1) is 11.3 Å². The Balaban J connectivity index is 1.75. The SMILES string of the molecule is N#Cc1ccc(C(=O)Nc2cccc(N3CCCC3=O)c2)cc1. The van der Waals surface area contributed by atoms with Crippen LogP contribution in [0.4, 0.5) is 11.4 Å². The Hall–Kier alpha value is -3.13. The van der Waals surface area contributed by atoms with Crippen molar-refractivity contribution in [2.45, 2.75) is 12.8 Å². The Kier molecular flexibility index (Phi) is 4.07. The van der Waals surface area contributed by atoms with Crippen molar-refractivity contribution in [3.8, 4) is 6.07 Å². The van der Waals surface area contributed by atoms with Crippen LogP contribution < -0.4 is 10.2 Å². The Morgan fingerprint density at radius 2 is 1.96 bits per heavy atom. The van der Waals surface area contributed by atoms with Gasteiger partial charge in [0.05, 0.1) is 11.6 Å². The molecule has 2 aromatic rings. The topological polar surface area (TPSA) is 73.2 Å². The van der Waals surface area contributed by atoms with Gasteiger partial charge in [-0.3, -0.25) is 9.59 Å². The molecular weight excluding hydrogens is 290 g/mol. The summed E-state index contributed by atoms with van der Waals surface area (Å²) in [4.78, 5) is 25.8. The summed E-state index contributed by atoms with van der Waals surface area (Å²) >= 11 is 0. The second-order valence-electron chi connectivity index (χ2n) is 5.34. The van der Waals surface area contributed by atoms with Gasteiger partial charge in [0.25, 0.3) is 5.91 Å². The van der Waals surface area contributed by atoms with Crippen LogP contribution in [-0.4, -0.2) is 18.4 Å². The first-order valence-corrected chi connectivity index (χ1v) is 7.39. The van der Waals surface area contributed by atoms with E-state index < -0.39 is 0 Å². The lowest BCUT2D eigenvalue weighted by atomic mass is 10.1. The molecule has 0 unspecified atom stereocenters. The second kappa shape index (κ2) is 6.32. The molecule has 1 saturated heterocycles. The van der Waals surface area contributed by atoms with E-state index in [2.05, 4.69) is 5.32 Å². The van der Waals surface area contributed by atoms with Crippen molar-refractivity contribution in [1.29, 1.82) is 5.26 Å². The summed E-state index contributed by atoms with van der Waals surface area (Å²) in [5.41, 5.74) is 2.42. The summed E-state index contributed by atoms with van der Waals surface area (Å²) in [6.07, 6.45) is 1.43. The molecule has 1 N–H and O–H groups in total. The highest BCUT2D eigenvalue weighted by Crippen LogP contribution is 2.24. The van der Waals surface area contributed by atoms with Gasteiger partial charge in [-0.2, -0.15) is 5.26 Å². The number of hydrogen-bond donors (Lipinski definition) is 1. The highest BCUT2D eigenvalue weighted by Gasteiger charge is 2.21. The summed E-state index contributed by atoms with van der Waals surface area (Å²) in [5.74, 6) is -0.139. The average Bonchev–Trinajstić information content (AvgIpc) is 3.01. The summed E-state index contributed by atoms with van der Waals surface area (Å²) in [6.45, 7) is 0.714. The van der Waals surface area contributed by atoms with E-state index in [-0.39, 0.29) is 11.8 Å². The number of amides is 2. The zero-order chi connectivity index (χ0) is 16.2. The number of nitrogens with zero attached hydrogens (tertiary/aromatic N) is 2. The van der Waals surface area contributed by atoms with E-state index in [9.17, 15) is 9.59 Å². The quantitative estimate of drug-likeness (QED) is 0.947. The predicted molar refractivity (Wildman–Crippen MR) is 87.1 cm³/mol. The zero-order valence-electron chi connectivity index (χ0n) is 12.5. The van der Waals surface area contributed by atoms with Crippen LogP contribution in [0.25, 0.3) is 0 Å². The van der Waals surface area contributed by atoms with Crippen molar-refractivity contribution < 1.29 is 9.59 Å². The highest BCUT2D eigenvalue weighted by atomic mass is 16.2. The average molecular weight is 305 g/mol. The van der Waals surface area contributed by atoms with E-state index in [0.29, 0.717) is 29.8 Å². The molecule has 0 atom stereocenters. The lowest BCUT2D eigenvalue weighted by Gasteiger charge is -2.16. The highest BCUT2D eigenvalue weighted by molar-refractivity contribution is 6.05. The number of benzene rings is 2. The van der Waals surface area contributed by atoms with Crippen LogP contribution in [0.5, 0.6) is 0 Å². The molecule has 0 bridgehead atoms. The number of carbonyl (C=O) groups is 2. The van der Waals surface area contributed by atoms with Gasteiger partial charge in [-0.15, -0.1) is 0 Å². The first-order chi connectivity index (χ1) is 11.2. The molecule has 2 aromatic carbocycles. The molecule has 1 heterocycles. The lowest BCUT2D eigenvalue weighted by molar-refractivity contribution is -0.117. The lowest BCUT2D eigenvalue weighted by Crippen LogP contribution is -2.23. The van der Waals surface area contributed by atoms with Gasteiger partial charge in [-0.25, -0.2) is 0 Å². The van der Waals surface area contributed by atoms with Gasteiger partial charge in [-0.05, 0) is 48.9 Å². The molecule has 114 valence electrons. The molecule has 0 spiro atoms. The monoisotopic (exact) mass is 305 g/mol. The third-order valence-electron chi connectivity index (χ3n) is 3.77. The van der Waals surface area contributed by atoms with E-state index >= 15 is 0 Å². The van der Waals surface area contributed by atoms with Crippen molar-refractivity contribution in [2.75, 3.05) is 16.8 Å². The molecule has 0 aliphatic carbocycles. The maximum atomic E-state index is 12.2. The molecule has 5 heteroatoms. The summed E-state index contributed by atoms with van der Waals surface area (Å²) < 4.78 is 0. The number of rotatable bonds is 3. The number of anilines is 2. The molecule has 1 fully saturated rings. The van der Waals surface area contributed by atoms with Crippen molar-refractivity contribution in [3.63, 3.8) is 0 Å².